The van der Waals surface area contributed by atoms with E-state index in [4.69, 9.17) is 10.5 Å². The highest BCUT2D eigenvalue weighted by Gasteiger charge is 2.22. The molecule has 100 valence electrons. The van der Waals surface area contributed by atoms with E-state index in [0.717, 1.165) is 23.9 Å². The van der Waals surface area contributed by atoms with Crippen LogP contribution >= 0.6 is 0 Å². The van der Waals surface area contributed by atoms with Crippen molar-refractivity contribution >= 4 is 5.69 Å². The van der Waals surface area contributed by atoms with Gasteiger partial charge in [0.15, 0.2) is 0 Å². The second kappa shape index (κ2) is 6.10. The van der Waals surface area contributed by atoms with Crippen LogP contribution in [0.5, 0.6) is 5.75 Å². The van der Waals surface area contributed by atoms with E-state index in [9.17, 15) is 0 Å². The minimum atomic E-state index is 0.815. The topological polar surface area (TPSA) is 38.5 Å². The second-order valence-corrected chi connectivity index (χ2v) is 5.25. The Hall–Kier alpha value is -1.22. The van der Waals surface area contributed by atoms with Gasteiger partial charge in [-0.1, -0.05) is 13.3 Å². The van der Waals surface area contributed by atoms with Crippen LogP contribution in [0.2, 0.25) is 0 Å². The van der Waals surface area contributed by atoms with Gasteiger partial charge in [0.25, 0.3) is 0 Å². The summed E-state index contributed by atoms with van der Waals surface area (Å²) in [6.45, 7) is 5.63. The standard InChI is InChI=1S/C15H24N2O/c1-3-4-12-7-8-17(10-12)11-13-9-14(16)5-6-15(13)18-2/h5-6,9,12H,3-4,7-8,10-11,16H2,1-2H3. The Labute approximate surface area is 110 Å². The molecule has 0 spiro atoms. The fourth-order valence-electron chi connectivity index (χ4n) is 2.86. The van der Waals surface area contributed by atoms with Crippen molar-refractivity contribution in [2.45, 2.75) is 32.7 Å². The Balaban J connectivity index is 1.99. The highest BCUT2D eigenvalue weighted by molar-refractivity contribution is 5.47. The molecule has 3 heteroatoms. The lowest BCUT2D eigenvalue weighted by Crippen LogP contribution is -2.20. The Morgan fingerprint density at radius 1 is 1.44 bits per heavy atom. The van der Waals surface area contributed by atoms with Crippen molar-refractivity contribution in [1.82, 2.24) is 4.90 Å². The van der Waals surface area contributed by atoms with E-state index >= 15 is 0 Å². The van der Waals surface area contributed by atoms with Gasteiger partial charge in [-0.25, -0.2) is 0 Å². The molecule has 0 amide bonds. The van der Waals surface area contributed by atoms with Gasteiger partial charge in [0, 0.05) is 24.3 Å². The maximum atomic E-state index is 5.86. The molecule has 1 aromatic rings. The SMILES string of the molecule is CCCC1CCN(Cc2cc(N)ccc2OC)C1. The lowest BCUT2D eigenvalue weighted by Gasteiger charge is -2.18. The highest BCUT2D eigenvalue weighted by atomic mass is 16.5. The minimum Gasteiger partial charge on any atom is -0.496 e. The Bertz CT molecular complexity index is 392. The third kappa shape index (κ3) is 3.16. The molecule has 3 nitrogen and oxygen atoms in total. The van der Waals surface area contributed by atoms with Gasteiger partial charge in [0.05, 0.1) is 7.11 Å². The van der Waals surface area contributed by atoms with E-state index < -0.39 is 0 Å². The van der Waals surface area contributed by atoms with Gasteiger partial charge >= 0.3 is 0 Å². The van der Waals surface area contributed by atoms with Crippen LogP contribution in [0.25, 0.3) is 0 Å². The van der Waals surface area contributed by atoms with Crippen molar-refractivity contribution in [3.05, 3.63) is 23.8 Å². The van der Waals surface area contributed by atoms with Crippen molar-refractivity contribution in [3.63, 3.8) is 0 Å². The van der Waals surface area contributed by atoms with Gasteiger partial charge in [-0.2, -0.15) is 0 Å². The molecule has 0 aliphatic carbocycles. The smallest absolute Gasteiger partial charge is 0.123 e. The molecule has 1 heterocycles. The molecule has 1 aliphatic rings. The van der Waals surface area contributed by atoms with Crippen LogP contribution in [-0.2, 0) is 6.54 Å². The third-order valence-electron chi connectivity index (χ3n) is 3.77. The summed E-state index contributed by atoms with van der Waals surface area (Å²) < 4.78 is 5.40. The number of rotatable bonds is 5. The van der Waals surface area contributed by atoms with Crippen molar-refractivity contribution in [2.75, 3.05) is 25.9 Å². The minimum absolute atomic E-state index is 0.815. The first-order chi connectivity index (χ1) is 8.72. The van der Waals surface area contributed by atoms with Crippen molar-refractivity contribution in [1.29, 1.82) is 0 Å². The van der Waals surface area contributed by atoms with Crippen LogP contribution in [-0.4, -0.2) is 25.1 Å². The molecule has 1 fully saturated rings. The lowest BCUT2D eigenvalue weighted by atomic mass is 10.0. The number of benzene rings is 1. The number of ether oxygens (including phenoxy) is 1. The normalized spacial score (nSPS) is 20.2. The molecular formula is C15H24N2O. The van der Waals surface area contributed by atoms with Crippen molar-refractivity contribution in [3.8, 4) is 5.75 Å². The molecule has 0 radical (unpaired) electrons. The molecule has 0 bridgehead atoms. The molecule has 1 unspecified atom stereocenters. The zero-order chi connectivity index (χ0) is 13.0. The van der Waals surface area contributed by atoms with E-state index in [1.807, 2.05) is 18.2 Å². The summed E-state index contributed by atoms with van der Waals surface area (Å²) in [6, 6.07) is 5.89. The number of nitrogens with two attached hydrogens (primary N) is 1. The Kier molecular flexibility index (Phi) is 4.48. The highest BCUT2D eigenvalue weighted by Crippen LogP contribution is 2.27. The second-order valence-electron chi connectivity index (χ2n) is 5.25. The number of hydrogen-bond donors (Lipinski definition) is 1. The zero-order valence-electron chi connectivity index (χ0n) is 11.5. The molecule has 1 aliphatic heterocycles. The number of hydrogen-bond acceptors (Lipinski definition) is 3. The molecule has 1 aromatic carbocycles. The van der Waals surface area contributed by atoms with Gasteiger partial charge in [-0.05, 0) is 43.5 Å². The fourth-order valence-corrected chi connectivity index (χ4v) is 2.86. The number of anilines is 1. The first-order valence-electron chi connectivity index (χ1n) is 6.87. The number of likely N-dealkylation sites (tertiary alicyclic amines) is 1. The maximum Gasteiger partial charge on any atom is 0.123 e. The van der Waals surface area contributed by atoms with Crippen LogP contribution in [0.4, 0.5) is 5.69 Å². The fraction of sp³-hybridized carbons (Fsp3) is 0.600. The number of methoxy groups -OCH3 is 1. The van der Waals surface area contributed by atoms with E-state index in [1.165, 1.54) is 37.9 Å². The monoisotopic (exact) mass is 248 g/mol. The average molecular weight is 248 g/mol. The summed E-state index contributed by atoms with van der Waals surface area (Å²) in [5, 5.41) is 0. The summed E-state index contributed by atoms with van der Waals surface area (Å²) in [7, 11) is 1.72. The van der Waals surface area contributed by atoms with E-state index in [2.05, 4.69) is 11.8 Å². The summed E-state index contributed by atoms with van der Waals surface area (Å²) >= 11 is 0. The van der Waals surface area contributed by atoms with Crippen LogP contribution in [0.1, 0.15) is 31.7 Å². The predicted octanol–water partition coefficient (Wildman–Crippen LogP) is 2.90. The largest absolute Gasteiger partial charge is 0.496 e. The molecule has 2 rings (SSSR count). The molecule has 1 atom stereocenters. The van der Waals surface area contributed by atoms with Gasteiger partial charge in [0.1, 0.15) is 5.75 Å². The number of nitrogen functional groups attached to an aromatic ring is 1. The van der Waals surface area contributed by atoms with Gasteiger partial charge in [-0.15, -0.1) is 0 Å². The van der Waals surface area contributed by atoms with Gasteiger partial charge in [0.2, 0.25) is 0 Å². The predicted molar refractivity (Wildman–Crippen MR) is 75.7 cm³/mol. The maximum absolute atomic E-state index is 5.86. The van der Waals surface area contributed by atoms with Crippen molar-refractivity contribution < 1.29 is 4.74 Å². The first kappa shape index (κ1) is 13.2. The van der Waals surface area contributed by atoms with Crippen LogP contribution in [0.15, 0.2) is 18.2 Å². The molecule has 1 saturated heterocycles. The molecular weight excluding hydrogens is 224 g/mol. The van der Waals surface area contributed by atoms with E-state index in [-0.39, 0.29) is 0 Å². The van der Waals surface area contributed by atoms with Crippen LogP contribution < -0.4 is 10.5 Å². The van der Waals surface area contributed by atoms with Gasteiger partial charge in [-0.3, -0.25) is 4.90 Å². The quantitative estimate of drug-likeness (QED) is 0.814. The third-order valence-corrected chi connectivity index (χ3v) is 3.77. The lowest BCUT2D eigenvalue weighted by molar-refractivity contribution is 0.305. The average Bonchev–Trinajstić information content (AvgIpc) is 2.77. The molecule has 18 heavy (non-hydrogen) atoms. The zero-order valence-corrected chi connectivity index (χ0v) is 11.5. The molecule has 0 aromatic heterocycles. The summed E-state index contributed by atoms with van der Waals surface area (Å²) in [5.41, 5.74) is 7.88. The van der Waals surface area contributed by atoms with Crippen molar-refractivity contribution in [2.24, 2.45) is 5.92 Å². The summed E-state index contributed by atoms with van der Waals surface area (Å²) in [6.07, 6.45) is 3.98. The summed E-state index contributed by atoms with van der Waals surface area (Å²) in [5.74, 6) is 1.82. The van der Waals surface area contributed by atoms with E-state index in [0.29, 0.717) is 0 Å². The molecule has 2 N–H and O–H groups in total. The Morgan fingerprint density at radius 2 is 2.28 bits per heavy atom. The van der Waals surface area contributed by atoms with Gasteiger partial charge < -0.3 is 10.5 Å². The van der Waals surface area contributed by atoms with E-state index in [1.54, 1.807) is 7.11 Å². The Morgan fingerprint density at radius 3 is 3.00 bits per heavy atom. The summed E-state index contributed by atoms with van der Waals surface area (Å²) in [4.78, 5) is 2.51. The number of nitrogens with zero attached hydrogens (tertiary/aromatic N) is 1. The first-order valence-corrected chi connectivity index (χ1v) is 6.87. The molecule has 0 saturated carbocycles. The van der Waals surface area contributed by atoms with Crippen LogP contribution in [0, 0.1) is 5.92 Å². The van der Waals surface area contributed by atoms with Crippen LogP contribution in [0.3, 0.4) is 0 Å².